The highest BCUT2D eigenvalue weighted by Gasteiger charge is 2.24. The summed E-state index contributed by atoms with van der Waals surface area (Å²) in [5.74, 6) is 1.55. The molecule has 3 saturated heterocycles. The molecule has 2 unspecified atom stereocenters. The van der Waals surface area contributed by atoms with Gasteiger partial charge in [-0.2, -0.15) is 0 Å². The number of aromatic amines is 1. The third-order valence-electron chi connectivity index (χ3n) is 10.7. The molecule has 0 aliphatic carbocycles. The number of carbonyl (C=O) groups is 2. The maximum atomic E-state index is 13.2. The second kappa shape index (κ2) is 19.9. The normalized spacial score (nSPS) is 16.8. The summed E-state index contributed by atoms with van der Waals surface area (Å²) >= 11 is 0. The lowest BCUT2D eigenvalue weighted by atomic mass is 9.89. The Balaban J connectivity index is 0.000000603. The second-order valence-corrected chi connectivity index (χ2v) is 14.7. The highest BCUT2D eigenvalue weighted by Crippen LogP contribution is 2.29. The van der Waals surface area contributed by atoms with E-state index in [4.69, 9.17) is 9.47 Å². The van der Waals surface area contributed by atoms with E-state index in [1.165, 1.54) is 58.1 Å². The number of fused-ring (bicyclic) bond motifs is 4. The molecular weight excluding hydrogens is 723 g/mol. The van der Waals surface area contributed by atoms with Crippen LogP contribution < -0.4 is 20.9 Å². The van der Waals surface area contributed by atoms with Crippen LogP contribution in [0.4, 0.5) is 4.79 Å². The smallest absolute Gasteiger partial charge is 0.407 e. The first kappa shape index (κ1) is 41.0. The lowest BCUT2D eigenvalue weighted by Gasteiger charge is -2.38. The number of nitrogens with one attached hydrogen (secondary N) is 3. The first-order valence-electron chi connectivity index (χ1n) is 19.6. The van der Waals surface area contributed by atoms with Gasteiger partial charge in [0.1, 0.15) is 18.1 Å². The van der Waals surface area contributed by atoms with Gasteiger partial charge in [0.15, 0.2) is 0 Å². The van der Waals surface area contributed by atoms with Crippen molar-refractivity contribution in [3.05, 3.63) is 141 Å². The molecule has 12 heteroatoms. The zero-order valence-electron chi connectivity index (χ0n) is 32.7. The maximum absolute atomic E-state index is 13.2. The summed E-state index contributed by atoms with van der Waals surface area (Å²) in [6.45, 7) is 5.75. The van der Waals surface area contributed by atoms with Crippen molar-refractivity contribution in [2.75, 3.05) is 53.4 Å². The van der Waals surface area contributed by atoms with Crippen molar-refractivity contribution in [3.63, 3.8) is 0 Å². The van der Waals surface area contributed by atoms with Gasteiger partial charge in [-0.05, 0) is 116 Å². The van der Waals surface area contributed by atoms with Crippen molar-refractivity contribution in [1.29, 1.82) is 0 Å². The van der Waals surface area contributed by atoms with E-state index in [1.54, 1.807) is 30.1 Å². The van der Waals surface area contributed by atoms with Crippen molar-refractivity contribution in [3.8, 4) is 11.5 Å². The minimum absolute atomic E-state index is 0.0590. The highest BCUT2D eigenvalue weighted by molar-refractivity contribution is 5.94. The molecule has 0 spiro atoms. The Kier molecular flexibility index (Phi) is 14.3. The number of nitrogens with zero attached hydrogens (tertiary/aromatic N) is 2. The van der Waals surface area contributed by atoms with E-state index in [2.05, 4.69) is 20.5 Å². The van der Waals surface area contributed by atoms with Crippen LogP contribution in [0.2, 0.25) is 0 Å². The number of amides is 2. The van der Waals surface area contributed by atoms with Gasteiger partial charge in [0.05, 0.1) is 24.8 Å². The Labute approximate surface area is 333 Å². The van der Waals surface area contributed by atoms with Gasteiger partial charge in [0, 0.05) is 37.2 Å². The SMILES string of the molecule is C1CN2CCC1CC2.COC(=O)NC(c1ccccc1)c1cccc(OCc2cccc(C(=O)N(C)CCCNCC(O)c3ccc(O)c4[nH]c(=O)ccc34)c2)c1. The number of rotatable bonds is 14. The summed E-state index contributed by atoms with van der Waals surface area (Å²) < 4.78 is 10.9. The molecule has 5 aromatic rings. The van der Waals surface area contributed by atoms with Crippen LogP contribution in [0.25, 0.3) is 10.9 Å². The van der Waals surface area contributed by atoms with E-state index >= 15 is 0 Å². The van der Waals surface area contributed by atoms with Crippen molar-refractivity contribution in [1.82, 2.24) is 25.4 Å². The molecular formula is C45H53N5O7. The second-order valence-electron chi connectivity index (χ2n) is 14.7. The van der Waals surface area contributed by atoms with Crippen LogP contribution in [-0.2, 0) is 11.3 Å². The van der Waals surface area contributed by atoms with Crippen molar-refractivity contribution < 1.29 is 29.3 Å². The standard InChI is InChI=1S/C38H40N4O7.C7H13N/c1-42(20-8-19-39-23-33(44)30-15-17-32(43)36-31(30)16-18-34(45)40-36)37(46)28-13-6-9-25(21-28)24-49-29-14-7-12-27(22-29)35(41-38(47)48-2)26-10-4-3-5-11-26;1-4-8-5-2-7(1)3-6-8/h3-7,9-18,21-22,33,35,39,43-44H,8,19-20,23-24H2,1-2H3,(H,40,45)(H,41,47);7H,1-6H2. The Hall–Kier alpha value is -5.69. The van der Waals surface area contributed by atoms with Gasteiger partial charge in [-0.25, -0.2) is 4.79 Å². The summed E-state index contributed by atoms with van der Waals surface area (Å²) in [5.41, 5.74) is 3.65. The zero-order chi connectivity index (χ0) is 40.1. The Morgan fingerprint density at radius 1 is 0.912 bits per heavy atom. The fourth-order valence-corrected chi connectivity index (χ4v) is 7.45. The van der Waals surface area contributed by atoms with E-state index in [1.807, 2.05) is 72.8 Å². The van der Waals surface area contributed by atoms with Crippen LogP contribution in [0.5, 0.6) is 11.5 Å². The number of benzene rings is 4. The molecule has 2 bridgehead atoms. The van der Waals surface area contributed by atoms with Crippen LogP contribution in [-0.4, -0.2) is 90.4 Å². The van der Waals surface area contributed by atoms with Crippen LogP contribution in [0.1, 0.15) is 70.4 Å². The molecule has 3 fully saturated rings. The van der Waals surface area contributed by atoms with Crippen molar-refractivity contribution in [2.45, 2.75) is 44.4 Å². The number of phenolic OH excluding ortho intramolecular Hbond substituents is 1. The summed E-state index contributed by atoms with van der Waals surface area (Å²) in [5, 5.41) is 27.5. The molecule has 3 aliphatic heterocycles. The number of alkyl carbamates (subject to hydrolysis) is 1. The molecule has 5 N–H and O–H groups in total. The van der Waals surface area contributed by atoms with Gasteiger partial charge in [-0.15, -0.1) is 0 Å². The number of aromatic hydroxyl groups is 1. The molecule has 300 valence electrons. The molecule has 0 radical (unpaired) electrons. The van der Waals surface area contributed by atoms with Gasteiger partial charge in [0.2, 0.25) is 5.56 Å². The van der Waals surface area contributed by atoms with Crippen LogP contribution in [0, 0.1) is 5.92 Å². The minimum atomic E-state index is -0.859. The van der Waals surface area contributed by atoms with Crippen LogP contribution >= 0.6 is 0 Å². The highest BCUT2D eigenvalue weighted by atomic mass is 16.5. The summed E-state index contributed by atoms with van der Waals surface area (Å²) in [6, 6.07) is 30.0. The molecule has 8 rings (SSSR count). The third-order valence-corrected chi connectivity index (χ3v) is 10.7. The quantitative estimate of drug-likeness (QED) is 0.0836. The average molecular weight is 776 g/mol. The Bertz CT molecular complexity index is 2130. The number of methoxy groups -OCH3 is 1. The Morgan fingerprint density at radius 2 is 1.65 bits per heavy atom. The fraction of sp³-hybridized carbons (Fsp3) is 0.356. The lowest BCUT2D eigenvalue weighted by Crippen LogP contribution is -2.41. The monoisotopic (exact) mass is 775 g/mol. The van der Waals surface area contributed by atoms with Crippen molar-refractivity contribution >= 4 is 22.9 Å². The molecule has 2 atom stereocenters. The lowest BCUT2D eigenvalue weighted by molar-refractivity contribution is 0.0792. The fourth-order valence-electron chi connectivity index (χ4n) is 7.45. The van der Waals surface area contributed by atoms with Crippen molar-refractivity contribution in [2.24, 2.45) is 5.92 Å². The number of aromatic nitrogens is 1. The van der Waals surface area contributed by atoms with E-state index in [-0.39, 0.29) is 35.9 Å². The number of hydrogen-bond acceptors (Lipinski definition) is 9. The molecule has 3 aliphatic rings. The number of hydrogen-bond donors (Lipinski definition) is 5. The van der Waals surface area contributed by atoms with Gasteiger partial charge in [-0.1, -0.05) is 60.7 Å². The molecule has 12 nitrogen and oxygen atoms in total. The number of aliphatic hydroxyl groups is 1. The van der Waals surface area contributed by atoms with Gasteiger partial charge < -0.3 is 45.1 Å². The first-order valence-corrected chi connectivity index (χ1v) is 19.6. The number of pyridine rings is 1. The number of phenols is 1. The number of ether oxygens (including phenoxy) is 2. The molecule has 2 amide bonds. The van der Waals surface area contributed by atoms with E-state index in [0.29, 0.717) is 41.8 Å². The molecule has 1 aromatic heterocycles. The van der Waals surface area contributed by atoms with Gasteiger partial charge in [-0.3, -0.25) is 9.59 Å². The average Bonchev–Trinajstić information content (AvgIpc) is 3.26. The van der Waals surface area contributed by atoms with Gasteiger partial charge >= 0.3 is 6.09 Å². The third kappa shape index (κ3) is 11.2. The number of aliphatic hydroxyl groups excluding tert-OH is 1. The zero-order valence-corrected chi connectivity index (χ0v) is 32.7. The first-order chi connectivity index (χ1) is 27.7. The number of H-pyrrole nitrogens is 1. The van der Waals surface area contributed by atoms with E-state index < -0.39 is 18.2 Å². The summed E-state index contributed by atoms with van der Waals surface area (Å²) in [7, 11) is 3.08. The number of carbonyl (C=O) groups excluding carboxylic acids is 2. The Morgan fingerprint density at radius 3 is 2.35 bits per heavy atom. The van der Waals surface area contributed by atoms with Crippen LogP contribution in [0.15, 0.2) is 108 Å². The molecule has 4 aromatic carbocycles. The minimum Gasteiger partial charge on any atom is -0.506 e. The molecule has 0 saturated carbocycles. The predicted octanol–water partition coefficient (Wildman–Crippen LogP) is 6.15. The van der Waals surface area contributed by atoms with E-state index in [9.17, 15) is 24.6 Å². The molecule has 4 heterocycles. The maximum Gasteiger partial charge on any atom is 0.407 e. The summed E-state index contributed by atoms with van der Waals surface area (Å²) in [6.07, 6.45) is 3.72. The van der Waals surface area contributed by atoms with E-state index in [0.717, 1.165) is 22.6 Å². The summed E-state index contributed by atoms with van der Waals surface area (Å²) in [4.78, 5) is 43.8. The van der Waals surface area contributed by atoms with Crippen LogP contribution in [0.3, 0.4) is 0 Å². The molecule has 57 heavy (non-hydrogen) atoms. The predicted molar refractivity (Wildman–Crippen MR) is 220 cm³/mol. The number of piperidine rings is 3. The largest absolute Gasteiger partial charge is 0.506 e. The topological polar surface area (TPSA) is 156 Å². The van der Waals surface area contributed by atoms with Gasteiger partial charge in [0.25, 0.3) is 5.91 Å².